The number of halogens is 3. The predicted octanol–water partition coefficient (Wildman–Crippen LogP) is 4.07. The molecule has 0 aliphatic heterocycles. The molecular formula is C15H11F3O3. The number of aldehydes is 1. The highest BCUT2D eigenvalue weighted by Crippen LogP contribution is 2.35. The van der Waals surface area contributed by atoms with Crippen LogP contribution in [0, 0.1) is 0 Å². The Kier molecular flexibility index (Phi) is 4.16. The molecule has 0 spiro atoms. The highest BCUT2D eigenvalue weighted by Gasteiger charge is 2.31. The van der Waals surface area contributed by atoms with Crippen molar-refractivity contribution in [3.05, 3.63) is 48.0 Å². The summed E-state index contributed by atoms with van der Waals surface area (Å²) in [5.41, 5.74) is 1.83. The maximum atomic E-state index is 12.2. The Bertz CT molecular complexity index is 634. The predicted molar refractivity (Wildman–Crippen MR) is 70.5 cm³/mol. The van der Waals surface area contributed by atoms with Crippen LogP contribution in [0.15, 0.2) is 42.5 Å². The Morgan fingerprint density at radius 2 is 1.71 bits per heavy atom. The van der Waals surface area contributed by atoms with Gasteiger partial charge in [-0.05, 0) is 17.7 Å². The van der Waals surface area contributed by atoms with Gasteiger partial charge in [0.2, 0.25) is 0 Å². The van der Waals surface area contributed by atoms with Crippen molar-refractivity contribution in [2.45, 2.75) is 6.36 Å². The second kappa shape index (κ2) is 5.87. The molecule has 0 saturated heterocycles. The van der Waals surface area contributed by atoms with Gasteiger partial charge in [0.1, 0.15) is 17.8 Å². The molecule has 110 valence electrons. The van der Waals surface area contributed by atoms with Crippen LogP contribution in [0.2, 0.25) is 0 Å². The Morgan fingerprint density at radius 3 is 2.24 bits per heavy atom. The lowest BCUT2D eigenvalue weighted by Gasteiger charge is -2.13. The number of alkyl halides is 3. The lowest BCUT2D eigenvalue weighted by atomic mass is 10.0. The van der Waals surface area contributed by atoms with Crippen molar-refractivity contribution in [3.63, 3.8) is 0 Å². The normalized spacial score (nSPS) is 11.0. The van der Waals surface area contributed by atoms with Crippen molar-refractivity contribution in [2.24, 2.45) is 0 Å². The van der Waals surface area contributed by atoms with E-state index in [4.69, 9.17) is 4.74 Å². The summed E-state index contributed by atoms with van der Waals surface area (Å²) < 4.78 is 45.5. The van der Waals surface area contributed by atoms with E-state index in [2.05, 4.69) is 4.74 Å². The van der Waals surface area contributed by atoms with Gasteiger partial charge in [0.05, 0.1) is 7.11 Å². The van der Waals surface area contributed by atoms with E-state index in [1.54, 1.807) is 24.3 Å². The number of methoxy groups -OCH3 is 1. The molecule has 3 nitrogen and oxygen atoms in total. The van der Waals surface area contributed by atoms with Gasteiger partial charge in [-0.1, -0.05) is 24.3 Å². The molecule has 0 radical (unpaired) electrons. The van der Waals surface area contributed by atoms with Crippen LogP contribution in [-0.2, 0) is 0 Å². The summed E-state index contributed by atoms with van der Waals surface area (Å²) in [6, 6.07) is 10.4. The quantitative estimate of drug-likeness (QED) is 0.798. The number of hydrogen-bond acceptors (Lipinski definition) is 3. The minimum Gasteiger partial charge on any atom is -0.496 e. The minimum absolute atomic E-state index is 0.246. The third-order valence-electron chi connectivity index (χ3n) is 2.76. The van der Waals surface area contributed by atoms with Gasteiger partial charge in [0, 0.05) is 17.2 Å². The molecular weight excluding hydrogens is 285 g/mol. The van der Waals surface area contributed by atoms with Gasteiger partial charge < -0.3 is 9.47 Å². The van der Waals surface area contributed by atoms with Gasteiger partial charge in [0.25, 0.3) is 0 Å². The molecule has 0 aliphatic rings. The zero-order valence-electron chi connectivity index (χ0n) is 11.0. The smallest absolute Gasteiger partial charge is 0.496 e. The zero-order valence-corrected chi connectivity index (χ0v) is 11.0. The van der Waals surface area contributed by atoms with Gasteiger partial charge in [0.15, 0.2) is 0 Å². The van der Waals surface area contributed by atoms with Crippen LogP contribution < -0.4 is 9.47 Å². The van der Waals surface area contributed by atoms with Crippen molar-refractivity contribution in [1.82, 2.24) is 0 Å². The molecule has 0 unspecified atom stereocenters. The standard InChI is InChI=1S/C15H11F3O3/c1-20-14-8-12(21-15(16,17)18)6-7-13(14)11-4-2-10(9-19)3-5-11/h2-9H,1H3. The fourth-order valence-electron chi connectivity index (χ4n) is 1.85. The monoisotopic (exact) mass is 296 g/mol. The number of carbonyl (C=O) groups excluding carboxylic acids is 1. The lowest BCUT2D eigenvalue weighted by molar-refractivity contribution is -0.274. The second-order valence-corrected chi connectivity index (χ2v) is 4.15. The molecule has 0 atom stereocenters. The molecule has 0 fully saturated rings. The Hall–Kier alpha value is -2.50. The second-order valence-electron chi connectivity index (χ2n) is 4.15. The van der Waals surface area contributed by atoms with Crippen LogP contribution >= 0.6 is 0 Å². The molecule has 21 heavy (non-hydrogen) atoms. The molecule has 0 saturated carbocycles. The van der Waals surface area contributed by atoms with E-state index in [0.717, 1.165) is 11.6 Å². The fourth-order valence-corrected chi connectivity index (χ4v) is 1.85. The van der Waals surface area contributed by atoms with Crippen LogP contribution in [0.25, 0.3) is 11.1 Å². The van der Waals surface area contributed by atoms with Crippen molar-refractivity contribution < 1.29 is 27.4 Å². The van der Waals surface area contributed by atoms with Gasteiger partial charge in [-0.3, -0.25) is 4.79 Å². The van der Waals surface area contributed by atoms with E-state index in [1.807, 2.05) is 0 Å². The molecule has 2 aromatic carbocycles. The van der Waals surface area contributed by atoms with Crippen molar-refractivity contribution in [2.75, 3.05) is 7.11 Å². The summed E-state index contributed by atoms with van der Waals surface area (Å²) in [4.78, 5) is 10.6. The van der Waals surface area contributed by atoms with E-state index in [9.17, 15) is 18.0 Å². The molecule has 0 aromatic heterocycles. The number of ether oxygens (including phenoxy) is 2. The molecule has 2 rings (SSSR count). The lowest BCUT2D eigenvalue weighted by Crippen LogP contribution is -2.17. The molecule has 2 aromatic rings. The first-order valence-electron chi connectivity index (χ1n) is 5.92. The van der Waals surface area contributed by atoms with E-state index >= 15 is 0 Å². The first kappa shape index (κ1) is 14.9. The van der Waals surface area contributed by atoms with Crippen LogP contribution in [0.5, 0.6) is 11.5 Å². The number of rotatable bonds is 4. The van der Waals surface area contributed by atoms with E-state index in [1.165, 1.54) is 19.2 Å². The maximum Gasteiger partial charge on any atom is 0.573 e. The number of carbonyl (C=O) groups is 1. The summed E-state index contributed by atoms with van der Waals surface area (Å²) in [5.74, 6) is -0.108. The summed E-state index contributed by atoms with van der Waals surface area (Å²) >= 11 is 0. The van der Waals surface area contributed by atoms with Crippen LogP contribution in [0.4, 0.5) is 13.2 Å². The Labute approximate surface area is 118 Å². The third kappa shape index (κ3) is 3.75. The summed E-state index contributed by atoms with van der Waals surface area (Å²) in [6.45, 7) is 0. The topological polar surface area (TPSA) is 35.5 Å². The first-order valence-corrected chi connectivity index (χ1v) is 5.92. The number of hydrogen-bond donors (Lipinski definition) is 0. The maximum absolute atomic E-state index is 12.2. The molecule has 0 bridgehead atoms. The molecule has 0 amide bonds. The molecule has 6 heteroatoms. The van der Waals surface area contributed by atoms with E-state index < -0.39 is 6.36 Å². The minimum atomic E-state index is -4.75. The average molecular weight is 296 g/mol. The molecule has 0 N–H and O–H groups in total. The van der Waals surface area contributed by atoms with Gasteiger partial charge in [-0.15, -0.1) is 13.2 Å². The van der Waals surface area contributed by atoms with Crippen LogP contribution in [-0.4, -0.2) is 19.8 Å². The summed E-state index contributed by atoms with van der Waals surface area (Å²) in [6.07, 6.45) is -4.04. The molecule has 0 heterocycles. The van der Waals surface area contributed by atoms with Crippen LogP contribution in [0.3, 0.4) is 0 Å². The van der Waals surface area contributed by atoms with E-state index in [-0.39, 0.29) is 11.5 Å². The summed E-state index contributed by atoms with van der Waals surface area (Å²) in [7, 11) is 1.36. The summed E-state index contributed by atoms with van der Waals surface area (Å²) in [5, 5.41) is 0. The highest BCUT2D eigenvalue weighted by molar-refractivity contribution is 5.78. The zero-order chi connectivity index (χ0) is 15.5. The van der Waals surface area contributed by atoms with Gasteiger partial charge in [-0.25, -0.2) is 0 Å². The third-order valence-corrected chi connectivity index (χ3v) is 2.76. The van der Waals surface area contributed by atoms with Gasteiger partial charge >= 0.3 is 6.36 Å². The number of benzene rings is 2. The van der Waals surface area contributed by atoms with Crippen molar-refractivity contribution >= 4 is 6.29 Å². The van der Waals surface area contributed by atoms with Gasteiger partial charge in [-0.2, -0.15) is 0 Å². The van der Waals surface area contributed by atoms with Crippen molar-refractivity contribution in [1.29, 1.82) is 0 Å². The van der Waals surface area contributed by atoms with Crippen LogP contribution in [0.1, 0.15) is 10.4 Å². The highest BCUT2D eigenvalue weighted by atomic mass is 19.4. The van der Waals surface area contributed by atoms with E-state index in [0.29, 0.717) is 17.4 Å². The largest absolute Gasteiger partial charge is 0.573 e. The Morgan fingerprint density at radius 1 is 1.05 bits per heavy atom. The Balaban J connectivity index is 2.37. The molecule has 0 aliphatic carbocycles. The SMILES string of the molecule is COc1cc(OC(F)(F)F)ccc1-c1ccc(C=O)cc1. The van der Waals surface area contributed by atoms with Crippen molar-refractivity contribution in [3.8, 4) is 22.6 Å². The fraction of sp³-hybridized carbons (Fsp3) is 0.133. The first-order chi connectivity index (χ1) is 9.93. The average Bonchev–Trinajstić information content (AvgIpc) is 2.45.